The van der Waals surface area contributed by atoms with Gasteiger partial charge in [0.25, 0.3) is 5.91 Å². The highest BCUT2D eigenvalue weighted by Gasteiger charge is 2.30. The third kappa shape index (κ3) is 6.23. The highest BCUT2D eigenvalue weighted by atomic mass is 19.1. The second kappa shape index (κ2) is 12.0. The summed E-state index contributed by atoms with van der Waals surface area (Å²) in [6.07, 6.45) is 4.22. The summed E-state index contributed by atoms with van der Waals surface area (Å²) in [4.78, 5) is 39.9. The smallest absolute Gasteiger partial charge is 0.257 e. The number of benzene rings is 2. The molecule has 8 nitrogen and oxygen atoms in total. The molecule has 1 aliphatic heterocycles. The Kier molecular flexibility index (Phi) is 8.55. The van der Waals surface area contributed by atoms with Crippen molar-refractivity contribution < 1.29 is 28.2 Å². The van der Waals surface area contributed by atoms with E-state index in [1.54, 1.807) is 30.6 Å². The van der Waals surface area contributed by atoms with E-state index in [0.29, 0.717) is 18.2 Å². The van der Waals surface area contributed by atoms with Crippen molar-refractivity contribution in [2.75, 3.05) is 6.54 Å². The number of aliphatic hydroxyl groups is 1. The van der Waals surface area contributed by atoms with E-state index < -0.39 is 35.1 Å². The van der Waals surface area contributed by atoms with Gasteiger partial charge in [0, 0.05) is 37.0 Å². The number of aromatic nitrogens is 1. The first kappa shape index (κ1) is 27.7. The summed E-state index contributed by atoms with van der Waals surface area (Å²) < 4.78 is 34.8. The molecular formula is C29H29F2N3O5. The zero-order chi connectivity index (χ0) is 28.1. The van der Waals surface area contributed by atoms with Crippen LogP contribution in [0.15, 0.2) is 71.7 Å². The molecule has 3 unspecified atom stereocenters. The molecular weight excluding hydrogens is 508 g/mol. The number of rotatable bonds is 8. The van der Waals surface area contributed by atoms with Crippen LogP contribution in [-0.4, -0.2) is 45.6 Å². The molecule has 0 bridgehead atoms. The third-order valence-corrected chi connectivity index (χ3v) is 6.75. The number of aliphatic hydroxyl groups excluding tert-OH is 1. The van der Waals surface area contributed by atoms with E-state index in [1.807, 2.05) is 30.3 Å². The normalized spacial score (nSPS) is 18.9. The lowest BCUT2D eigenvalue weighted by molar-refractivity contribution is -0.119. The van der Waals surface area contributed by atoms with E-state index >= 15 is 0 Å². The molecule has 2 aromatic carbocycles. The minimum Gasteiger partial charge on any atom is -0.483 e. The molecule has 0 fully saturated rings. The maximum Gasteiger partial charge on any atom is 0.257 e. The molecule has 1 aromatic heterocycles. The van der Waals surface area contributed by atoms with Crippen molar-refractivity contribution in [3.05, 3.63) is 111 Å². The highest BCUT2D eigenvalue weighted by Crippen LogP contribution is 2.26. The molecule has 10 heteroatoms. The maximum absolute atomic E-state index is 14.1. The fraction of sp³-hybridized carbons (Fsp3) is 0.276. The lowest BCUT2D eigenvalue weighted by atomic mass is 10.1. The molecule has 1 aliphatic rings. The zero-order valence-electron chi connectivity index (χ0n) is 21.5. The molecule has 2 N–H and O–H groups in total. The largest absolute Gasteiger partial charge is 0.483 e. The lowest BCUT2D eigenvalue weighted by Crippen LogP contribution is -2.39. The number of hydrogen-bond donors (Lipinski definition) is 2. The first-order valence-electron chi connectivity index (χ1n) is 12.4. The second-order valence-corrected chi connectivity index (χ2v) is 9.37. The number of carbonyl (C=O) groups excluding carboxylic acids is 2. The van der Waals surface area contributed by atoms with Gasteiger partial charge < -0.3 is 24.6 Å². The van der Waals surface area contributed by atoms with Crippen LogP contribution in [0.5, 0.6) is 5.75 Å². The minimum absolute atomic E-state index is 0.0395. The molecule has 4 rings (SSSR count). The number of pyridine rings is 1. The van der Waals surface area contributed by atoms with Crippen molar-refractivity contribution in [2.45, 2.75) is 45.2 Å². The Morgan fingerprint density at radius 2 is 1.92 bits per heavy atom. The summed E-state index contributed by atoms with van der Waals surface area (Å²) >= 11 is 0. The van der Waals surface area contributed by atoms with Gasteiger partial charge in [-0.05, 0) is 25.5 Å². The SMILES string of the molecule is Cc1c(OCc2ccccc2)c(=O)c(C(=O)NCc2ccc(F)cc2F)cn1C1CN(C=O)C(C)C=CC1O. The predicted molar refractivity (Wildman–Crippen MR) is 140 cm³/mol. The van der Waals surface area contributed by atoms with Crippen LogP contribution in [0.25, 0.3) is 0 Å². The standard InChI is InChI=1S/C29H29F2N3O5/c1-18-8-11-26(36)25(15-33(18)17-35)34-14-23(29(38)32-13-21-9-10-22(30)12-24(21)31)27(37)28(19(34)2)39-16-20-6-4-3-5-7-20/h3-12,14,17-18,25-26,36H,13,15-16H2,1-2H3,(H,32,38). The fourth-order valence-electron chi connectivity index (χ4n) is 4.44. The topological polar surface area (TPSA) is 101 Å². The molecule has 0 aliphatic carbocycles. The number of carbonyl (C=O) groups is 2. The number of halogens is 2. The Morgan fingerprint density at radius 1 is 1.18 bits per heavy atom. The van der Waals surface area contributed by atoms with Crippen LogP contribution < -0.4 is 15.5 Å². The summed E-state index contributed by atoms with van der Waals surface area (Å²) in [6.45, 7) is 3.30. The average molecular weight is 538 g/mol. The predicted octanol–water partition coefficient (Wildman–Crippen LogP) is 3.26. The Labute approximate surface area is 224 Å². The van der Waals surface area contributed by atoms with Gasteiger partial charge in [0.2, 0.25) is 11.8 Å². The van der Waals surface area contributed by atoms with Crippen molar-refractivity contribution in [3.8, 4) is 5.75 Å². The summed E-state index contributed by atoms with van der Waals surface area (Å²) in [5, 5.41) is 13.4. The zero-order valence-corrected chi connectivity index (χ0v) is 21.5. The lowest BCUT2D eigenvalue weighted by Gasteiger charge is -2.30. The number of amides is 2. The van der Waals surface area contributed by atoms with Gasteiger partial charge >= 0.3 is 0 Å². The monoisotopic (exact) mass is 537 g/mol. The van der Waals surface area contributed by atoms with E-state index in [4.69, 9.17) is 4.74 Å². The van der Waals surface area contributed by atoms with Crippen molar-refractivity contribution in [1.29, 1.82) is 0 Å². The van der Waals surface area contributed by atoms with Gasteiger partial charge in [0.15, 0.2) is 5.75 Å². The highest BCUT2D eigenvalue weighted by molar-refractivity contribution is 5.94. The minimum atomic E-state index is -1.04. The molecule has 0 spiro atoms. The Morgan fingerprint density at radius 3 is 2.62 bits per heavy atom. The van der Waals surface area contributed by atoms with Gasteiger partial charge in [-0.15, -0.1) is 0 Å². The van der Waals surface area contributed by atoms with E-state index in [1.165, 1.54) is 17.2 Å². The molecule has 3 atom stereocenters. The Hall–Kier alpha value is -4.31. The van der Waals surface area contributed by atoms with Crippen molar-refractivity contribution in [1.82, 2.24) is 14.8 Å². The van der Waals surface area contributed by atoms with Gasteiger partial charge in [-0.25, -0.2) is 8.78 Å². The molecule has 2 heterocycles. The van der Waals surface area contributed by atoms with Crippen molar-refractivity contribution in [3.63, 3.8) is 0 Å². The summed E-state index contributed by atoms with van der Waals surface area (Å²) in [7, 11) is 0. The number of nitrogens with one attached hydrogen (secondary N) is 1. The molecule has 3 aromatic rings. The molecule has 0 radical (unpaired) electrons. The van der Waals surface area contributed by atoms with Crippen LogP contribution in [0.4, 0.5) is 8.78 Å². The van der Waals surface area contributed by atoms with Gasteiger partial charge in [0.05, 0.1) is 17.8 Å². The van der Waals surface area contributed by atoms with Crippen molar-refractivity contribution in [2.24, 2.45) is 0 Å². The number of nitrogens with zero attached hydrogens (tertiary/aromatic N) is 2. The third-order valence-electron chi connectivity index (χ3n) is 6.75. The van der Waals surface area contributed by atoms with E-state index in [-0.39, 0.29) is 42.6 Å². The Bertz CT molecular complexity index is 1440. The Balaban J connectivity index is 1.73. The first-order chi connectivity index (χ1) is 18.7. The summed E-state index contributed by atoms with van der Waals surface area (Å²) in [6, 6.07) is 11.1. The summed E-state index contributed by atoms with van der Waals surface area (Å²) in [5.41, 5.74) is 0.212. The van der Waals surface area contributed by atoms with Crippen LogP contribution in [0.2, 0.25) is 0 Å². The molecule has 0 saturated heterocycles. The van der Waals surface area contributed by atoms with Crippen LogP contribution in [0, 0.1) is 18.6 Å². The van der Waals surface area contributed by atoms with E-state index in [9.17, 15) is 28.3 Å². The van der Waals surface area contributed by atoms with Gasteiger partial charge in [-0.1, -0.05) is 48.6 Å². The summed E-state index contributed by atoms with van der Waals surface area (Å²) in [5.74, 6) is -2.48. The molecule has 0 saturated carbocycles. The average Bonchev–Trinajstić information content (AvgIpc) is 3.06. The van der Waals surface area contributed by atoms with Crippen LogP contribution in [0.1, 0.15) is 40.1 Å². The second-order valence-electron chi connectivity index (χ2n) is 9.37. The van der Waals surface area contributed by atoms with Crippen molar-refractivity contribution >= 4 is 12.3 Å². The molecule has 2 amide bonds. The number of hydrogen-bond acceptors (Lipinski definition) is 5. The molecule has 204 valence electrons. The van der Waals surface area contributed by atoms with Gasteiger partial charge in [-0.2, -0.15) is 0 Å². The van der Waals surface area contributed by atoms with Gasteiger partial charge in [0.1, 0.15) is 23.8 Å². The first-order valence-corrected chi connectivity index (χ1v) is 12.4. The van der Waals surface area contributed by atoms with E-state index in [0.717, 1.165) is 11.6 Å². The fourth-order valence-corrected chi connectivity index (χ4v) is 4.44. The van der Waals surface area contributed by atoms with E-state index in [2.05, 4.69) is 5.32 Å². The maximum atomic E-state index is 14.1. The molecule has 39 heavy (non-hydrogen) atoms. The van der Waals surface area contributed by atoms with Crippen LogP contribution in [-0.2, 0) is 17.9 Å². The van der Waals surface area contributed by atoms with Gasteiger partial charge in [-0.3, -0.25) is 14.4 Å². The number of ether oxygens (including phenoxy) is 1. The van der Waals surface area contributed by atoms with Crippen LogP contribution in [0.3, 0.4) is 0 Å². The van der Waals surface area contributed by atoms with Crippen LogP contribution >= 0.6 is 0 Å². The quantitative estimate of drug-likeness (QED) is 0.339.